The summed E-state index contributed by atoms with van der Waals surface area (Å²) >= 11 is 12.2. The van der Waals surface area contributed by atoms with Gasteiger partial charge in [-0.05, 0) is 75.5 Å². The summed E-state index contributed by atoms with van der Waals surface area (Å²) < 4.78 is 0. The number of likely N-dealkylation sites (tertiary alicyclic amines) is 1. The maximum Gasteiger partial charge on any atom is 0.322 e. The highest BCUT2D eigenvalue weighted by Gasteiger charge is 2.31. The quantitative estimate of drug-likeness (QED) is 0.459. The Kier molecular flexibility index (Phi) is 9.90. The van der Waals surface area contributed by atoms with Crippen molar-refractivity contribution in [3.8, 4) is 0 Å². The van der Waals surface area contributed by atoms with E-state index in [-0.39, 0.29) is 18.0 Å². The average molecular weight is 532 g/mol. The number of piperidine rings is 1. The zero-order valence-electron chi connectivity index (χ0n) is 20.8. The van der Waals surface area contributed by atoms with Gasteiger partial charge in [0, 0.05) is 31.7 Å². The molecular formula is C28H36Cl2N4O2. The molecule has 6 nitrogen and oxygen atoms in total. The number of nitrogens with zero attached hydrogens (tertiary/aromatic N) is 3. The molecule has 4 rings (SSSR count). The molecule has 0 radical (unpaired) electrons. The zero-order chi connectivity index (χ0) is 25.3. The summed E-state index contributed by atoms with van der Waals surface area (Å²) in [5.41, 5.74) is 1.82. The summed E-state index contributed by atoms with van der Waals surface area (Å²) in [6.45, 7) is 5.04. The maximum absolute atomic E-state index is 13.4. The molecule has 0 aromatic heterocycles. The van der Waals surface area contributed by atoms with E-state index in [4.69, 9.17) is 23.2 Å². The predicted molar refractivity (Wildman–Crippen MR) is 147 cm³/mol. The highest BCUT2D eigenvalue weighted by Crippen LogP contribution is 2.26. The van der Waals surface area contributed by atoms with Gasteiger partial charge in [0.2, 0.25) is 5.91 Å². The van der Waals surface area contributed by atoms with Gasteiger partial charge in [-0.15, -0.1) is 0 Å². The number of rotatable bonds is 8. The molecule has 0 saturated carbocycles. The first kappa shape index (κ1) is 26.8. The summed E-state index contributed by atoms with van der Waals surface area (Å²) in [7, 11) is 0. The lowest BCUT2D eigenvalue weighted by molar-refractivity contribution is -0.130. The van der Waals surface area contributed by atoms with Crippen LogP contribution in [0.5, 0.6) is 0 Å². The number of nitrogens with one attached hydrogen (secondary N) is 1. The van der Waals surface area contributed by atoms with E-state index in [9.17, 15) is 9.59 Å². The van der Waals surface area contributed by atoms with Gasteiger partial charge in [-0.3, -0.25) is 4.79 Å². The van der Waals surface area contributed by atoms with E-state index in [1.165, 1.54) is 24.8 Å². The third-order valence-corrected chi connectivity index (χ3v) is 7.92. The van der Waals surface area contributed by atoms with Gasteiger partial charge in [-0.25, -0.2) is 4.79 Å². The maximum atomic E-state index is 13.4. The van der Waals surface area contributed by atoms with E-state index < -0.39 is 0 Å². The van der Waals surface area contributed by atoms with Crippen LogP contribution in [-0.2, 0) is 11.2 Å². The molecule has 2 aromatic carbocycles. The number of hydrogen-bond donors (Lipinski definition) is 1. The molecule has 2 saturated heterocycles. The van der Waals surface area contributed by atoms with Gasteiger partial charge in [-0.1, -0.05) is 60.0 Å². The van der Waals surface area contributed by atoms with Gasteiger partial charge in [0.1, 0.15) is 0 Å². The molecule has 2 aliphatic rings. The van der Waals surface area contributed by atoms with Crippen molar-refractivity contribution in [3.63, 3.8) is 0 Å². The molecule has 0 bridgehead atoms. The normalized spacial score (nSPS) is 19.3. The first-order chi connectivity index (χ1) is 17.5. The van der Waals surface area contributed by atoms with Crippen LogP contribution < -0.4 is 5.32 Å². The number of carbonyl (C=O) groups excluding carboxylic acids is 2. The molecule has 194 valence electrons. The van der Waals surface area contributed by atoms with Crippen molar-refractivity contribution >= 4 is 40.8 Å². The highest BCUT2D eigenvalue weighted by molar-refractivity contribution is 6.42. The average Bonchev–Trinajstić information content (AvgIpc) is 3.05. The fraction of sp³-hybridized carbons (Fsp3) is 0.500. The molecule has 8 heteroatoms. The van der Waals surface area contributed by atoms with Crippen LogP contribution in [0.2, 0.25) is 10.0 Å². The lowest BCUT2D eigenvalue weighted by Gasteiger charge is -2.32. The molecule has 2 aromatic rings. The van der Waals surface area contributed by atoms with Crippen LogP contribution >= 0.6 is 23.2 Å². The summed E-state index contributed by atoms with van der Waals surface area (Å²) in [6.07, 6.45) is 6.80. The van der Waals surface area contributed by atoms with Gasteiger partial charge in [-0.2, -0.15) is 0 Å². The summed E-state index contributed by atoms with van der Waals surface area (Å²) in [5.74, 6) is 0.128. The largest absolute Gasteiger partial charge is 0.341 e. The molecule has 2 aliphatic heterocycles. The lowest BCUT2D eigenvalue weighted by Crippen LogP contribution is -2.47. The first-order valence-electron chi connectivity index (χ1n) is 13.1. The standard InChI is InChI=1S/C28H36Cl2N4O2/c29-25-13-11-23(20-26(25)30)31-28(36)34-19-14-27(35)33(18-7-17-32-15-5-2-6-16-32)21-24(34)12-10-22-8-3-1-4-9-22/h1,3-4,8-9,11,13,20,24H,2,5-7,10,12,14-19,21H2,(H,31,36)/t24-/m1/s1. The number of urea groups is 1. The first-order valence-corrected chi connectivity index (χ1v) is 13.8. The van der Waals surface area contributed by atoms with Gasteiger partial charge in [0.15, 0.2) is 0 Å². The van der Waals surface area contributed by atoms with E-state index >= 15 is 0 Å². The Hall–Kier alpha value is -2.28. The van der Waals surface area contributed by atoms with Crippen molar-refractivity contribution in [3.05, 3.63) is 64.1 Å². The van der Waals surface area contributed by atoms with Crippen LogP contribution in [0.1, 0.15) is 44.1 Å². The minimum absolute atomic E-state index is 0.0746. The summed E-state index contributed by atoms with van der Waals surface area (Å²) in [6, 6.07) is 15.1. The minimum Gasteiger partial charge on any atom is -0.341 e. The monoisotopic (exact) mass is 530 g/mol. The Balaban J connectivity index is 1.43. The molecule has 3 amide bonds. The molecular weight excluding hydrogens is 495 g/mol. The fourth-order valence-corrected chi connectivity index (χ4v) is 5.46. The molecule has 2 fully saturated rings. The number of halogens is 2. The second-order valence-electron chi connectivity index (χ2n) is 9.78. The Morgan fingerprint density at radius 3 is 2.47 bits per heavy atom. The zero-order valence-corrected chi connectivity index (χ0v) is 22.3. The Morgan fingerprint density at radius 1 is 0.944 bits per heavy atom. The molecule has 0 unspecified atom stereocenters. The number of anilines is 1. The number of hydrogen-bond acceptors (Lipinski definition) is 3. The number of benzene rings is 2. The topological polar surface area (TPSA) is 55.9 Å². The minimum atomic E-state index is -0.214. The Bertz CT molecular complexity index is 1010. The lowest BCUT2D eigenvalue weighted by atomic mass is 10.0. The van der Waals surface area contributed by atoms with Crippen molar-refractivity contribution in [1.29, 1.82) is 0 Å². The summed E-state index contributed by atoms with van der Waals surface area (Å²) in [5, 5.41) is 3.79. The van der Waals surface area contributed by atoms with E-state index in [1.54, 1.807) is 18.2 Å². The SMILES string of the molecule is O=C1CCN(C(=O)Nc2ccc(Cl)c(Cl)c2)[C@H](CCc2ccccc2)CN1CCCN1CCCCC1. The van der Waals surface area contributed by atoms with Crippen LogP contribution in [0.15, 0.2) is 48.5 Å². The van der Waals surface area contributed by atoms with Crippen LogP contribution in [0.25, 0.3) is 0 Å². The molecule has 1 atom stereocenters. The van der Waals surface area contributed by atoms with Crippen molar-refractivity contribution in [2.45, 2.75) is 51.0 Å². The van der Waals surface area contributed by atoms with Crippen LogP contribution in [0.3, 0.4) is 0 Å². The van der Waals surface area contributed by atoms with Gasteiger partial charge in [0.05, 0.1) is 16.1 Å². The molecule has 0 aliphatic carbocycles. The van der Waals surface area contributed by atoms with Crippen molar-refractivity contribution in [2.24, 2.45) is 0 Å². The fourth-order valence-electron chi connectivity index (χ4n) is 5.16. The van der Waals surface area contributed by atoms with Gasteiger partial charge in [0.25, 0.3) is 0 Å². The number of carbonyl (C=O) groups is 2. The Labute approximate surface area is 224 Å². The van der Waals surface area contributed by atoms with Crippen molar-refractivity contribution in [2.75, 3.05) is 44.6 Å². The molecule has 1 N–H and O–H groups in total. The van der Waals surface area contributed by atoms with E-state index in [2.05, 4.69) is 22.3 Å². The smallest absolute Gasteiger partial charge is 0.322 e. The summed E-state index contributed by atoms with van der Waals surface area (Å²) in [4.78, 5) is 32.7. The van der Waals surface area contributed by atoms with Gasteiger partial charge < -0.3 is 20.0 Å². The van der Waals surface area contributed by atoms with Crippen LogP contribution in [0.4, 0.5) is 10.5 Å². The molecule has 36 heavy (non-hydrogen) atoms. The number of aryl methyl sites for hydroxylation is 1. The van der Waals surface area contributed by atoms with Gasteiger partial charge >= 0.3 is 6.03 Å². The second-order valence-corrected chi connectivity index (χ2v) is 10.6. The molecule has 2 heterocycles. The number of amides is 3. The van der Waals surface area contributed by atoms with E-state index in [0.29, 0.717) is 35.2 Å². The predicted octanol–water partition coefficient (Wildman–Crippen LogP) is 5.94. The molecule has 0 spiro atoms. The second kappa shape index (κ2) is 13.3. The van der Waals surface area contributed by atoms with Crippen LogP contribution in [-0.4, -0.2) is 71.9 Å². The van der Waals surface area contributed by atoms with Crippen LogP contribution in [0, 0.1) is 0 Å². The van der Waals surface area contributed by atoms with E-state index in [1.807, 2.05) is 28.0 Å². The third kappa shape index (κ3) is 7.61. The Morgan fingerprint density at radius 2 is 1.72 bits per heavy atom. The highest BCUT2D eigenvalue weighted by atomic mass is 35.5. The third-order valence-electron chi connectivity index (χ3n) is 7.18. The van der Waals surface area contributed by atoms with Crippen molar-refractivity contribution in [1.82, 2.24) is 14.7 Å². The van der Waals surface area contributed by atoms with E-state index in [0.717, 1.165) is 45.4 Å². The van der Waals surface area contributed by atoms with Crippen molar-refractivity contribution < 1.29 is 9.59 Å².